The first-order chi connectivity index (χ1) is 18.9. The summed E-state index contributed by atoms with van der Waals surface area (Å²) in [6.45, 7) is 7.66. The highest BCUT2D eigenvalue weighted by Crippen LogP contribution is 2.31. The zero-order valence-electron chi connectivity index (χ0n) is 22.6. The third-order valence-corrected chi connectivity index (χ3v) is 7.77. The number of hydrogen-bond acceptors (Lipinski definition) is 9. The molecular weight excluding hydrogens is 504 g/mol. The highest BCUT2D eigenvalue weighted by Gasteiger charge is 2.31. The summed E-state index contributed by atoms with van der Waals surface area (Å²) in [5, 5.41) is 4.07. The van der Waals surface area contributed by atoms with Gasteiger partial charge in [-0.2, -0.15) is 4.98 Å². The van der Waals surface area contributed by atoms with Gasteiger partial charge in [0.05, 0.1) is 19.0 Å². The molecule has 2 aliphatic heterocycles. The normalized spacial score (nSPS) is 20.6. The summed E-state index contributed by atoms with van der Waals surface area (Å²) in [4.78, 5) is 17.6. The number of aromatic nitrogens is 4. The molecule has 0 spiro atoms. The number of nitrogens with two attached hydrogens (primary N) is 1. The van der Waals surface area contributed by atoms with Crippen LogP contribution in [0.3, 0.4) is 0 Å². The molecule has 11 heteroatoms. The minimum absolute atomic E-state index is 0.247. The second-order valence-electron chi connectivity index (χ2n) is 10.9. The van der Waals surface area contributed by atoms with Gasteiger partial charge in [0.25, 0.3) is 0 Å². The van der Waals surface area contributed by atoms with Crippen LogP contribution >= 0.6 is 0 Å². The van der Waals surface area contributed by atoms with Gasteiger partial charge in [-0.3, -0.25) is 0 Å². The van der Waals surface area contributed by atoms with Crippen molar-refractivity contribution in [2.24, 2.45) is 11.7 Å². The van der Waals surface area contributed by atoms with Crippen molar-refractivity contribution in [2.75, 3.05) is 42.6 Å². The van der Waals surface area contributed by atoms with Crippen LogP contribution in [0.25, 0.3) is 0 Å². The van der Waals surface area contributed by atoms with E-state index in [9.17, 15) is 8.78 Å². The first-order valence-corrected chi connectivity index (χ1v) is 13.9. The third-order valence-electron chi connectivity index (χ3n) is 7.77. The van der Waals surface area contributed by atoms with Gasteiger partial charge in [0.2, 0.25) is 5.95 Å². The zero-order chi connectivity index (χ0) is 27.4. The molecule has 2 aliphatic rings. The van der Waals surface area contributed by atoms with Crippen molar-refractivity contribution in [3.8, 4) is 5.75 Å². The highest BCUT2D eigenvalue weighted by molar-refractivity contribution is 5.35. The van der Waals surface area contributed by atoms with Crippen molar-refractivity contribution in [1.29, 1.82) is 0 Å². The quantitative estimate of drug-likeness (QED) is 0.387. The van der Waals surface area contributed by atoms with Crippen molar-refractivity contribution < 1.29 is 18.0 Å². The SMILES string of the molecule is CC(C)c1noc(N2CCC(CCCOc3cnc(N4CC[C@H](c5cc(F)ccc5F)[C@@H](N)C4)nc3)CC2)n1. The lowest BCUT2D eigenvalue weighted by atomic mass is 9.85. The second kappa shape index (κ2) is 12.2. The molecule has 0 radical (unpaired) electrons. The second-order valence-corrected chi connectivity index (χ2v) is 10.9. The van der Waals surface area contributed by atoms with Crippen LogP contribution in [0, 0.1) is 17.6 Å². The van der Waals surface area contributed by atoms with Crippen molar-refractivity contribution >= 4 is 12.0 Å². The Morgan fingerprint density at radius 3 is 2.51 bits per heavy atom. The Morgan fingerprint density at radius 1 is 1.08 bits per heavy atom. The van der Waals surface area contributed by atoms with Gasteiger partial charge in [-0.15, -0.1) is 0 Å². The van der Waals surface area contributed by atoms with E-state index < -0.39 is 11.6 Å². The van der Waals surface area contributed by atoms with E-state index in [0.717, 1.165) is 56.7 Å². The molecule has 2 saturated heterocycles. The summed E-state index contributed by atoms with van der Waals surface area (Å²) in [6.07, 6.45) is 8.22. The van der Waals surface area contributed by atoms with Crippen LogP contribution in [0.5, 0.6) is 5.75 Å². The molecule has 0 amide bonds. The molecule has 0 unspecified atom stereocenters. The molecule has 0 aliphatic carbocycles. The fourth-order valence-electron chi connectivity index (χ4n) is 5.46. The number of halogens is 2. The monoisotopic (exact) mass is 541 g/mol. The molecule has 0 saturated carbocycles. The summed E-state index contributed by atoms with van der Waals surface area (Å²) in [7, 11) is 0. The standard InChI is InChI=1S/C28H37F2N7O2/c1-18(2)26-34-28(39-35-26)36-10-7-19(8-11-36)4-3-13-38-21-15-32-27(33-16-21)37-12-9-22(25(31)17-37)23-14-20(29)5-6-24(23)30/h5-6,14-16,18-19,22,25H,3-4,7-13,17,31H2,1-2H3/t22-,25+/m1/s1. The largest absolute Gasteiger partial charge is 0.490 e. The minimum Gasteiger partial charge on any atom is -0.490 e. The fourth-order valence-corrected chi connectivity index (χ4v) is 5.46. The smallest absolute Gasteiger partial charge is 0.324 e. The van der Waals surface area contributed by atoms with Crippen molar-refractivity contribution in [1.82, 2.24) is 20.1 Å². The van der Waals surface area contributed by atoms with Crippen molar-refractivity contribution in [3.05, 3.63) is 53.6 Å². The van der Waals surface area contributed by atoms with Crippen LogP contribution in [0.15, 0.2) is 35.1 Å². The number of hydrogen-bond donors (Lipinski definition) is 1. The van der Waals surface area contributed by atoms with Gasteiger partial charge >= 0.3 is 6.01 Å². The Kier molecular flexibility index (Phi) is 8.54. The van der Waals surface area contributed by atoms with Crippen molar-refractivity contribution in [2.45, 2.75) is 63.8 Å². The predicted molar refractivity (Wildman–Crippen MR) is 144 cm³/mol. The number of ether oxygens (including phenoxy) is 1. The highest BCUT2D eigenvalue weighted by atomic mass is 19.1. The van der Waals surface area contributed by atoms with Gasteiger partial charge in [-0.1, -0.05) is 19.0 Å². The Balaban J connectivity index is 1.02. The van der Waals surface area contributed by atoms with Gasteiger partial charge in [0.1, 0.15) is 11.6 Å². The lowest BCUT2D eigenvalue weighted by molar-refractivity contribution is 0.275. The van der Waals surface area contributed by atoms with Gasteiger partial charge in [0.15, 0.2) is 11.6 Å². The summed E-state index contributed by atoms with van der Waals surface area (Å²) in [6, 6.07) is 3.82. The van der Waals surface area contributed by atoms with Gasteiger partial charge in [0, 0.05) is 44.1 Å². The van der Waals surface area contributed by atoms with Crippen LogP contribution in [0.1, 0.15) is 69.2 Å². The van der Waals surface area contributed by atoms with E-state index in [4.69, 9.17) is 15.0 Å². The molecule has 2 fully saturated rings. The Hall–Kier alpha value is -3.34. The zero-order valence-corrected chi connectivity index (χ0v) is 22.6. The molecule has 3 aromatic rings. The molecule has 2 atom stereocenters. The van der Waals surface area contributed by atoms with Crippen LogP contribution in [-0.2, 0) is 0 Å². The van der Waals surface area contributed by atoms with E-state index >= 15 is 0 Å². The maximum atomic E-state index is 14.2. The maximum absolute atomic E-state index is 14.2. The number of rotatable bonds is 9. The first-order valence-electron chi connectivity index (χ1n) is 13.9. The topological polar surface area (TPSA) is 106 Å². The fraction of sp³-hybridized carbons (Fsp3) is 0.571. The van der Waals surface area contributed by atoms with Gasteiger partial charge in [-0.25, -0.2) is 18.7 Å². The molecule has 1 aromatic carbocycles. The van der Waals surface area contributed by atoms with Crippen LogP contribution in [-0.4, -0.2) is 58.9 Å². The lowest BCUT2D eigenvalue weighted by Crippen LogP contribution is -2.48. The number of piperidine rings is 2. The van der Waals surface area contributed by atoms with E-state index in [2.05, 4.69) is 38.9 Å². The summed E-state index contributed by atoms with van der Waals surface area (Å²) in [5.41, 5.74) is 6.69. The average Bonchev–Trinajstić information content (AvgIpc) is 3.44. The molecule has 0 bridgehead atoms. The minimum atomic E-state index is -0.453. The van der Waals surface area contributed by atoms with Gasteiger partial charge < -0.3 is 24.8 Å². The predicted octanol–water partition coefficient (Wildman–Crippen LogP) is 4.66. The van der Waals surface area contributed by atoms with Crippen molar-refractivity contribution in [3.63, 3.8) is 0 Å². The molecule has 9 nitrogen and oxygen atoms in total. The van der Waals surface area contributed by atoms with E-state index in [1.807, 2.05) is 4.90 Å². The summed E-state index contributed by atoms with van der Waals surface area (Å²) in [5.74, 6) is 1.75. The van der Waals surface area contributed by atoms with Crippen LogP contribution < -0.4 is 20.3 Å². The summed E-state index contributed by atoms with van der Waals surface area (Å²) >= 11 is 0. The van der Waals surface area contributed by atoms with E-state index in [-0.39, 0.29) is 17.9 Å². The van der Waals surface area contributed by atoms with Crippen LogP contribution in [0.2, 0.25) is 0 Å². The Labute approximate surface area is 227 Å². The molecular formula is C28H37F2N7O2. The molecule has 2 aromatic heterocycles. The average molecular weight is 542 g/mol. The number of nitrogens with zero attached hydrogens (tertiary/aromatic N) is 6. The Morgan fingerprint density at radius 2 is 1.82 bits per heavy atom. The molecule has 5 rings (SSSR count). The van der Waals surface area contributed by atoms with Gasteiger partial charge in [-0.05, 0) is 61.8 Å². The number of benzene rings is 1. The molecule has 39 heavy (non-hydrogen) atoms. The molecule has 210 valence electrons. The van der Waals surface area contributed by atoms with E-state index in [1.54, 1.807) is 12.4 Å². The Bertz CT molecular complexity index is 1210. The number of anilines is 2. The summed E-state index contributed by atoms with van der Waals surface area (Å²) < 4.78 is 39.2. The first kappa shape index (κ1) is 27.2. The van der Waals surface area contributed by atoms with Crippen LogP contribution in [0.4, 0.5) is 20.7 Å². The maximum Gasteiger partial charge on any atom is 0.324 e. The lowest BCUT2D eigenvalue weighted by Gasteiger charge is -2.37. The molecule has 2 N–H and O–H groups in total. The van der Waals surface area contributed by atoms with E-state index in [0.29, 0.717) is 55.3 Å². The third kappa shape index (κ3) is 6.63. The van der Waals surface area contributed by atoms with E-state index in [1.165, 1.54) is 6.07 Å². The molecule has 4 heterocycles.